The van der Waals surface area contributed by atoms with E-state index in [9.17, 15) is 4.79 Å². The maximum atomic E-state index is 12.3. The monoisotopic (exact) mass is 243 g/mol. The third-order valence-corrected chi connectivity index (χ3v) is 3.69. The van der Waals surface area contributed by atoms with Crippen LogP contribution in [0.2, 0.25) is 0 Å². The van der Waals surface area contributed by atoms with Crippen molar-refractivity contribution in [1.29, 1.82) is 0 Å². The van der Waals surface area contributed by atoms with Crippen molar-refractivity contribution in [3.63, 3.8) is 0 Å². The van der Waals surface area contributed by atoms with Crippen LogP contribution in [0.1, 0.15) is 30.9 Å². The van der Waals surface area contributed by atoms with Gasteiger partial charge in [0.1, 0.15) is 5.54 Å². The number of rotatable bonds is 2. The van der Waals surface area contributed by atoms with E-state index in [4.69, 9.17) is 0 Å². The summed E-state index contributed by atoms with van der Waals surface area (Å²) >= 11 is 0. The first-order chi connectivity index (χ1) is 8.76. The zero-order valence-electron chi connectivity index (χ0n) is 10.5. The zero-order chi connectivity index (χ0) is 12.6. The number of hydrogen-bond donors (Lipinski definition) is 2. The number of carbonyl (C=O) groups excluding carboxylic acids is 1. The minimum absolute atomic E-state index is 0.0299. The molecule has 0 saturated carbocycles. The minimum Gasteiger partial charge on any atom is -0.338 e. The van der Waals surface area contributed by atoms with Gasteiger partial charge in [-0.2, -0.15) is 0 Å². The summed E-state index contributed by atoms with van der Waals surface area (Å²) in [5.41, 5.74) is 1.78. The Morgan fingerprint density at radius 3 is 3.06 bits per heavy atom. The molecule has 1 aliphatic heterocycles. The molecule has 18 heavy (non-hydrogen) atoms. The Bertz CT molecular complexity index is 524. The molecule has 0 radical (unpaired) electrons. The average Bonchev–Trinajstić information content (AvgIpc) is 2.91. The Hall–Kier alpha value is -1.84. The number of nitrogens with one attached hydrogen (secondary N) is 2. The molecule has 1 aromatic rings. The highest BCUT2D eigenvalue weighted by Crippen LogP contribution is 2.38. The van der Waals surface area contributed by atoms with E-state index in [-0.39, 0.29) is 5.91 Å². The second-order valence-corrected chi connectivity index (χ2v) is 4.87. The van der Waals surface area contributed by atoms with Gasteiger partial charge in [-0.1, -0.05) is 31.2 Å². The van der Waals surface area contributed by atoms with Crippen LogP contribution in [-0.4, -0.2) is 18.4 Å². The molecule has 1 unspecified atom stereocenters. The van der Waals surface area contributed by atoms with Crippen LogP contribution in [0.25, 0.3) is 0 Å². The Morgan fingerprint density at radius 1 is 1.39 bits per heavy atom. The average molecular weight is 243 g/mol. The first kappa shape index (κ1) is 11.3. The second kappa shape index (κ2) is 4.12. The quantitative estimate of drug-likeness (QED) is 0.823. The van der Waals surface area contributed by atoms with E-state index >= 15 is 0 Å². The van der Waals surface area contributed by atoms with Crippen LogP contribution in [-0.2, 0) is 16.8 Å². The van der Waals surface area contributed by atoms with E-state index in [2.05, 4.69) is 28.6 Å². The number of amides is 1. The van der Waals surface area contributed by atoms with E-state index in [1.54, 1.807) is 0 Å². The first-order valence-corrected chi connectivity index (χ1v) is 6.49. The number of guanidine groups is 1. The van der Waals surface area contributed by atoms with Crippen LogP contribution in [0, 0.1) is 0 Å². The molecule has 1 aliphatic carbocycles. The minimum atomic E-state index is -0.580. The lowest BCUT2D eigenvalue weighted by Crippen LogP contribution is -2.41. The highest BCUT2D eigenvalue weighted by molar-refractivity contribution is 6.09. The summed E-state index contributed by atoms with van der Waals surface area (Å²) in [5.74, 6) is 0.654. The lowest BCUT2D eigenvalue weighted by Gasteiger charge is -2.21. The largest absolute Gasteiger partial charge is 0.338 e. The Morgan fingerprint density at radius 2 is 2.22 bits per heavy atom. The summed E-state index contributed by atoms with van der Waals surface area (Å²) < 4.78 is 0. The molecule has 4 nitrogen and oxygen atoms in total. The van der Waals surface area contributed by atoms with Crippen molar-refractivity contribution in [3.8, 4) is 0 Å². The highest BCUT2D eigenvalue weighted by atomic mass is 16.2. The fraction of sp³-hybridized carbons (Fsp3) is 0.429. The topological polar surface area (TPSA) is 53.5 Å². The Balaban J connectivity index is 1.96. The van der Waals surface area contributed by atoms with Gasteiger partial charge in [0.15, 0.2) is 5.96 Å². The maximum Gasteiger partial charge on any atom is 0.257 e. The molecule has 1 amide bonds. The maximum absolute atomic E-state index is 12.3. The van der Waals surface area contributed by atoms with Crippen LogP contribution >= 0.6 is 0 Å². The standard InChI is InChI=1S/C14H17N3O/c1-2-9-15-13-16-12(18)14(17-13)8-7-10-5-3-4-6-11(10)14/h3-6H,2,7-9H2,1H3,(H2,15,16,17,18). The third-order valence-electron chi connectivity index (χ3n) is 3.69. The molecule has 1 spiro atoms. The molecule has 2 N–H and O–H groups in total. The molecule has 1 saturated heterocycles. The lowest BCUT2D eigenvalue weighted by atomic mass is 9.92. The number of hydrogen-bond acceptors (Lipinski definition) is 2. The molecule has 1 atom stereocenters. The van der Waals surface area contributed by atoms with Gasteiger partial charge in [-0.05, 0) is 30.4 Å². The van der Waals surface area contributed by atoms with E-state index in [1.165, 1.54) is 5.56 Å². The highest BCUT2D eigenvalue weighted by Gasteiger charge is 2.50. The summed E-state index contributed by atoms with van der Waals surface area (Å²) in [6.07, 6.45) is 2.73. The Labute approximate surface area is 106 Å². The molecular weight excluding hydrogens is 226 g/mol. The summed E-state index contributed by atoms with van der Waals surface area (Å²) in [6, 6.07) is 8.15. The Kier molecular flexibility index (Phi) is 2.58. The lowest BCUT2D eigenvalue weighted by molar-refractivity contribution is -0.124. The van der Waals surface area contributed by atoms with Gasteiger partial charge < -0.3 is 5.32 Å². The van der Waals surface area contributed by atoms with E-state index in [0.717, 1.165) is 31.4 Å². The predicted octanol–water partition coefficient (Wildman–Crippen LogP) is 1.31. The molecule has 4 heteroatoms. The molecule has 0 bridgehead atoms. The molecule has 1 fully saturated rings. The number of nitrogens with zero attached hydrogens (tertiary/aromatic N) is 1. The van der Waals surface area contributed by atoms with Gasteiger partial charge in [-0.3, -0.25) is 15.1 Å². The fourth-order valence-corrected chi connectivity index (χ4v) is 2.78. The van der Waals surface area contributed by atoms with E-state index in [0.29, 0.717) is 5.96 Å². The van der Waals surface area contributed by atoms with Crippen molar-refractivity contribution in [2.45, 2.75) is 31.7 Å². The molecule has 94 valence electrons. The normalized spacial score (nSPS) is 27.4. The van der Waals surface area contributed by atoms with Gasteiger partial charge in [0, 0.05) is 6.54 Å². The number of aliphatic imine (C=N–C) groups is 1. The second-order valence-electron chi connectivity index (χ2n) is 4.87. The van der Waals surface area contributed by atoms with Gasteiger partial charge in [0.05, 0.1) is 0 Å². The number of fused-ring (bicyclic) bond motifs is 2. The van der Waals surface area contributed by atoms with Crippen LogP contribution in [0.3, 0.4) is 0 Å². The smallest absolute Gasteiger partial charge is 0.257 e. The number of benzene rings is 1. The van der Waals surface area contributed by atoms with Gasteiger partial charge >= 0.3 is 0 Å². The van der Waals surface area contributed by atoms with E-state index < -0.39 is 5.54 Å². The third kappa shape index (κ3) is 1.52. The molecule has 0 aromatic heterocycles. The summed E-state index contributed by atoms with van der Waals surface area (Å²) in [6.45, 7) is 2.81. The summed E-state index contributed by atoms with van der Waals surface area (Å²) in [7, 11) is 0. The van der Waals surface area contributed by atoms with Gasteiger partial charge in [-0.25, -0.2) is 0 Å². The van der Waals surface area contributed by atoms with Crippen molar-refractivity contribution in [2.75, 3.05) is 6.54 Å². The van der Waals surface area contributed by atoms with Gasteiger partial charge in [0.25, 0.3) is 5.91 Å². The van der Waals surface area contributed by atoms with Crippen molar-refractivity contribution in [2.24, 2.45) is 4.99 Å². The fourth-order valence-electron chi connectivity index (χ4n) is 2.78. The van der Waals surface area contributed by atoms with Crippen LogP contribution in [0.15, 0.2) is 29.3 Å². The first-order valence-electron chi connectivity index (χ1n) is 6.49. The van der Waals surface area contributed by atoms with Crippen molar-refractivity contribution in [1.82, 2.24) is 10.6 Å². The number of carbonyl (C=O) groups is 1. The zero-order valence-corrected chi connectivity index (χ0v) is 10.5. The van der Waals surface area contributed by atoms with Crippen molar-refractivity contribution in [3.05, 3.63) is 35.4 Å². The molecular formula is C14H17N3O. The van der Waals surface area contributed by atoms with Gasteiger partial charge in [-0.15, -0.1) is 0 Å². The predicted molar refractivity (Wildman–Crippen MR) is 70.3 cm³/mol. The van der Waals surface area contributed by atoms with E-state index in [1.807, 2.05) is 18.2 Å². The van der Waals surface area contributed by atoms with Crippen molar-refractivity contribution < 1.29 is 4.79 Å². The summed E-state index contributed by atoms with van der Waals surface area (Å²) in [4.78, 5) is 16.6. The summed E-state index contributed by atoms with van der Waals surface area (Å²) in [5, 5.41) is 6.16. The molecule has 3 rings (SSSR count). The number of aryl methyl sites for hydroxylation is 1. The molecule has 2 aliphatic rings. The SMILES string of the molecule is CCCN=C1NC(=O)C2(CCc3ccccc32)N1. The van der Waals surface area contributed by atoms with Crippen molar-refractivity contribution >= 4 is 11.9 Å². The van der Waals surface area contributed by atoms with Crippen LogP contribution in [0.4, 0.5) is 0 Å². The molecule has 1 aromatic carbocycles. The van der Waals surface area contributed by atoms with Crippen LogP contribution in [0.5, 0.6) is 0 Å². The molecule has 1 heterocycles. The van der Waals surface area contributed by atoms with Crippen LogP contribution < -0.4 is 10.6 Å². The van der Waals surface area contributed by atoms with Gasteiger partial charge in [0.2, 0.25) is 0 Å².